The van der Waals surface area contributed by atoms with Crippen LogP contribution >= 0.6 is 0 Å². The van der Waals surface area contributed by atoms with E-state index < -0.39 is 29.8 Å². The Morgan fingerprint density at radius 3 is 2.49 bits per heavy atom. The Labute approximate surface area is 208 Å². The van der Waals surface area contributed by atoms with Gasteiger partial charge in [0.2, 0.25) is 11.8 Å². The molecule has 0 saturated carbocycles. The van der Waals surface area contributed by atoms with Gasteiger partial charge in [-0.15, -0.1) is 0 Å². The zero-order valence-electron chi connectivity index (χ0n) is 21.2. The van der Waals surface area contributed by atoms with Crippen LogP contribution in [0.15, 0.2) is 42.5 Å². The van der Waals surface area contributed by atoms with E-state index in [0.717, 1.165) is 31.2 Å². The number of hydrogen-bond donors (Lipinski definition) is 2. The van der Waals surface area contributed by atoms with E-state index in [1.54, 1.807) is 11.8 Å². The number of ether oxygens (including phenoxy) is 1. The Kier molecular flexibility index (Phi) is 9.90. The summed E-state index contributed by atoms with van der Waals surface area (Å²) in [7, 11) is 0. The van der Waals surface area contributed by atoms with E-state index in [9.17, 15) is 19.5 Å². The SMILES string of the molecule is CCCCNC(=O)[C@@H]1[C@H]2C=C[C@@H](CCC)[C@@H](C(=O)OCC)[C@@H]2C(=O)N1[C@@H](CO)Cc1ccccc1. The van der Waals surface area contributed by atoms with Crippen molar-refractivity contribution in [2.24, 2.45) is 23.7 Å². The van der Waals surface area contributed by atoms with Gasteiger partial charge in [0.1, 0.15) is 6.04 Å². The van der Waals surface area contributed by atoms with Crippen LogP contribution in [0.3, 0.4) is 0 Å². The van der Waals surface area contributed by atoms with E-state index in [1.807, 2.05) is 42.5 Å². The Balaban J connectivity index is 2.01. The summed E-state index contributed by atoms with van der Waals surface area (Å²) in [6, 6.07) is 8.30. The van der Waals surface area contributed by atoms with E-state index in [4.69, 9.17) is 4.74 Å². The van der Waals surface area contributed by atoms with Crippen molar-refractivity contribution in [3.63, 3.8) is 0 Å². The topological polar surface area (TPSA) is 95.9 Å². The minimum absolute atomic E-state index is 0.116. The summed E-state index contributed by atoms with van der Waals surface area (Å²) < 4.78 is 5.41. The lowest BCUT2D eigenvalue weighted by Gasteiger charge is -2.34. The molecule has 3 rings (SSSR count). The van der Waals surface area contributed by atoms with Crippen molar-refractivity contribution in [3.8, 4) is 0 Å². The quantitative estimate of drug-likeness (QED) is 0.270. The first-order valence-electron chi connectivity index (χ1n) is 13.1. The van der Waals surface area contributed by atoms with Gasteiger partial charge in [0.05, 0.1) is 31.1 Å². The molecule has 7 heteroatoms. The second-order valence-electron chi connectivity index (χ2n) is 9.58. The zero-order chi connectivity index (χ0) is 25.4. The second-order valence-corrected chi connectivity index (χ2v) is 9.58. The first-order chi connectivity index (χ1) is 17.0. The molecular formula is C28H40N2O5. The maximum Gasteiger partial charge on any atom is 0.310 e. The zero-order valence-corrected chi connectivity index (χ0v) is 21.2. The van der Waals surface area contributed by atoms with Crippen LogP contribution in [-0.2, 0) is 25.5 Å². The van der Waals surface area contributed by atoms with Crippen LogP contribution in [-0.4, -0.2) is 59.6 Å². The summed E-state index contributed by atoms with van der Waals surface area (Å²) in [5, 5.41) is 13.4. The number of unbranched alkanes of at least 4 members (excludes halogenated alkanes) is 1. The maximum absolute atomic E-state index is 14.0. The number of likely N-dealkylation sites (tertiary alicyclic amines) is 1. The summed E-state index contributed by atoms with van der Waals surface area (Å²) in [6.45, 7) is 6.36. The third-order valence-corrected chi connectivity index (χ3v) is 7.24. The molecule has 192 valence electrons. The van der Waals surface area contributed by atoms with Gasteiger partial charge in [-0.1, -0.05) is 69.2 Å². The highest BCUT2D eigenvalue weighted by Gasteiger charge is 2.58. The molecule has 2 amide bonds. The molecular weight excluding hydrogens is 444 g/mol. The minimum atomic E-state index is -0.777. The summed E-state index contributed by atoms with van der Waals surface area (Å²) in [6.07, 6.45) is 7.80. The largest absolute Gasteiger partial charge is 0.466 e. The average molecular weight is 485 g/mol. The van der Waals surface area contributed by atoms with Crippen LogP contribution in [0.5, 0.6) is 0 Å². The first kappa shape index (κ1) is 26.9. The summed E-state index contributed by atoms with van der Waals surface area (Å²) in [5.74, 6) is -2.73. The average Bonchev–Trinajstić information content (AvgIpc) is 3.15. The van der Waals surface area contributed by atoms with Gasteiger partial charge in [-0.2, -0.15) is 0 Å². The van der Waals surface area contributed by atoms with Gasteiger partial charge < -0.3 is 20.1 Å². The number of fused-ring (bicyclic) bond motifs is 1. The van der Waals surface area contributed by atoms with E-state index in [-0.39, 0.29) is 36.9 Å². The molecule has 1 saturated heterocycles. The first-order valence-corrected chi connectivity index (χ1v) is 13.1. The Hall–Kier alpha value is -2.67. The van der Waals surface area contributed by atoms with Gasteiger partial charge in [0, 0.05) is 12.5 Å². The number of carbonyl (C=O) groups excluding carboxylic acids is 3. The van der Waals surface area contributed by atoms with Crippen molar-refractivity contribution < 1.29 is 24.2 Å². The van der Waals surface area contributed by atoms with Crippen molar-refractivity contribution in [3.05, 3.63) is 48.0 Å². The number of benzene rings is 1. The molecule has 0 unspecified atom stereocenters. The number of rotatable bonds is 12. The van der Waals surface area contributed by atoms with Crippen LogP contribution in [0.25, 0.3) is 0 Å². The fraction of sp³-hybridized carbons (Fsp3) is 0.607. The molecule has 1 aromatic rings. The van der Waals surface area contributed by atoms with E-state index in [1.165, 1.54) is 0 Å². The number of nitrogens with one attached hydrogen (secondary N) is 1. The number of allylic oxidation sites excluding steroid dienone is 1. The number of carbonyl (C=O) groups is 3. The molecule has 1 aliphatic carbocycles. The Morgan fingerprint density at radius 1 is 1.11 bits per heavy atom. The highest BCUT2D eigenvalue weighted by molar-refractivity contribution is 5.96. The molecule has 2 N–H and O–H groups in total. The number of nitrogens with zero attached hydrogens (tertiary/aromatic N) is 1. The standard InChI is InChI=1S/C28H40N2O5/c1-4-7-16-29-26(32)25-22-15-14-20(11-5-2)23(28(34)35-6-3)24(22)27(33)30(25)21(18-31)17-19-12-9-8-10-13-19/h8-10,12-15,20-25,31H,4-7,11,16-18H2,1-3H3,(H,29,32)/t20-,21-,22+,23-,24-,25+/m1/s1. The minimum Gasteiger partial charge on any atom is -0.466 e. The monoisotopic (exact) mass is 484 g/mol. The molecule has 0 aromatic heterocycles. The maximum atomic E-state index is 14.0. The lowest BCUT2D eigenvalue weighted by atomic mass is 9.69. The fourth-order valence-corrected chi connectivity index (χ4v) is 5.64. The van der Waals surface area contributed by atoms with E-state index >= 15 is 0 Å². The smallest absolute Gasteiger partial charge is 0.310 e. The highest BCUT2D eigenvalue weighted by atomic mass is 16.5. The predicted molar refractivity (Wildman–Crippen MR) is 134 cm³/mol. The number of amides is 2. The third kappa shape index (κ3) is 5.95. The summed E-state index contributed by atoms with van der Waals surface area (Å²) in [4.78, 5) is 42.2. The van der Waals surface area contributed by atoms with Crippen molar-refractivity contribution in [1.29, 1.82) is 0 Å². The molecule has 1 fully saturated rings. The van der Waals surface area contributed by atoms with Gasteiger partial charge in [0.25, 0.3) is 0 Å². The third-order valence-electron chi connectivity index (χ3n) is 7.24. The molecule has 1 aromatic carbocycles. The van der Waals surface area contributed by atoms with E-state index in [0.29, 0.717) is 13.0 Å². The molecule has 1 heterocycles. The van der Waals surface area contributed by atoms with Crippen LogP contribution in [0.1, 0.15) is 52.0 Å². The van der Waals surface area contributed by atoms with Crippen LogP contribution in [0.4, 0.5) is 0 Å². The molecule has 35 heavy (non-hydrogen) atoms. The Bertz CT molecular complexity index is 887. The van der Waals surface area contributed by atoms with Gasteiger partial charge in [0.15, 0.2) is 0 Å². The van der Waals surface area contributed by atoms with Crippen LogP contribution in [0.2, 0.25) is 0 Å². The highest BCUT2D eigenvalue weighted by Crippen LogP contribution is 2.46. The van der Waals surface area contributed by atoms with E-state index in [2.05, 4.69) is 19.2 Å². The molecule has 0 radical (unpaired) electrons. The van der Waals surface area contributed by atoms with Crippen molar-refractivity contribution in [2.45, 2.75) is 65.0 Å². The van der Waals surface area contributed by atoms with Crippen molar-refractivity contribution in [2.75, 3.05) is 19.8 Å². The van der Waals surface area contributed by atoms with Gasteiger partial charge >= 0.3 is 5.97 Å². The molecule has 7 nitrogen and oxygen atoms in total. The number of aliphatic hydroxyl groups excluding tert-OH is 1. The lowest BCUT2D eigenvalue weighted by Crippen LogP contribution is -2.53. The lowest BCUT2D eigenvalue weighted by molar-refractivity contribution is -0.156. The van der Waals surface area contributed by atoms with Crippen molar-refractivity contribution in [1.82, 2.24) is 10.2 Å². The summed E-state index contributed by atoms with van der Waals surface area (Å²) in [5.41, 5.74) is 0.973. The number of esters is 1. The van der Waals surface area contributed by atoms with Gasteiger partial charge in [-0.25, -0.2) is 0 Å². The summed E-state index contributed by atoms with van der Waals surface area (Å²) >= 11 is 0. The molecule has 0 spiro atoms. The van der Waals surface area contributed by atoms with Crippen molar-refractivity contribution >= 4 is 17.8 Å². The fourth-order valence-electron chi connectivity index (χ4n) is 5.64. The van der Waals surface area contributed by atoms with Crippen LogP contribution < -0.4 is 5.32 Å². The van der Waals surface area contributed by atoms with Gasteiger partial charge in [-0.3, -0.25) is 14.4 Å². The molecule has 1 aliphatic heterocycles. The second kappa shape index (κ2) is 12.9. The van der Waals surface area contributed by atoms with Gasteiger partial charge in [-0.05, 0) is 37.7 Å². The number of hydrogen-bond acceptors (Lipinski definition) is 5. The normalized spacial score (nSPS) is 26.3. The molecule has 2 aliphatic rings. The number of aliphatic hydroxyl groups is 1. The van der Waals surface area contributed by atoms with Crippen LogP contribution in [0, 0.1) is 23.7 Å². The molecule has 6 atom stereocenters. The Morgan fingerprint density at radius 2 is 1.86 bits per heavy atom. The molecule has 0 bridgehead atoms. The predicted octanol–water partition coefficient (Wildman–Crippen LogP) is 3.11.